The first-order chi connectivity index (χ1) is 46.5. The Kier molecular flexibility index (Phi) is 64.7. The summed E-state index contributed by atoms with van der Waals surface area (Å²) in [4.78, 5) is 63.8. The zero-order chi connectivity index (χ0) is 70.9. The predicted molar refractivity (Wildman–Crippen MR) is 394 cm³/mol. The number of hydrogen-bond donors (Lipinski definition) is 4. The first kappa shape index (κ1) is 93.2. The standard InChI is InChI=1S/C37H59NO3.C20H23NO4.C16H35N.C4H6BO4.C2H4O2.Na.H2/c1-4-5-6-7-8-9-10-11-12-13-14-15-16-17-18-19-21-34-27-28-35(30-36(34)40-3)41-29-20-22-37(39)38-31-33-25-23-32(2)24-26-33;1-15-5-7-16(8-6-15)13-21-20(23)4-3-11-25-18-10-9-17(14-22)19(12-18)24-2;1-2-3-4-5-6-7-8-9-10-11-12-13-14-15-16-17;1-3(6)8-5-9-4(2)7;1-2(3)4;;/h23-28,30H,4-22,29,31H2,1-3H3,(H,38,39);5-10,12,14H,3-4,11,13H2,1-2H3,(H,21,23);2-17H2,1H3;1-2H3;1H3,(H,3,4);;1H/q;;;;;+1;. The van der Waals surface area contributed by atoms with E-state index in [0.29, 0.717) is 76.7 Å². The van der Waals surface area contributed by atoms with E-state index < -0.39 is 17.9 Å². The Morgan fingerprint density at radius 1 is 0.474 bits per heavy atom. The Hall–Kier alpha value is -5.88. The van der Waals surface area contributed by atoms with E-state index in [0.717, 1.165) is 48.8 Å². The molecule has 0 saturated heterocycles. The number of ether oxygens (including phenoxy) is 4. The van der Waals surface area contributed by atoms with E-state index in [4.69, 9.17) is 34.6 Å². The molecule has 0 unspecified atom stereocenters. The summed E-state index contributed by atoms with van der Waals surface area (Å²) in [5.41, 5.74) is 11.8. The van der Waals surface area contributed by atoms with Crippen LogP contribution in [0, 0.1) is 13.8 Å². The molecule has 0 atom stereocenters. The van der Waals surface area contributed by atoms with Gasteiger partial charge in [0.25, 0.3) is 17.9 Å². The molecule has 18 heteroatoms. The normalized spacial score (nSPS) is 10.2. The van der Waals surface area contributed by atoms with E-state index in [9.17, 15) is 24.0 Å². The van der Waals surface area contributed by atoms with Gasteiger partial charge in [0.05, 0.1) is 33.0 Å². The number of hydrogen-bond acceptors (Lipinski definition) is 13. The van der Waals surface area contributed by atoms with Gasteiger partial charge in [0.15, 0.2) is 6.29 Å². The summed E-state index contributed by atoms with van der Waals surface area (Å²) in [6.07, 6.45) is 46.0. The molecule has 5 N–H and O–H groups in total. The molecule has 0 aliphatic heterocycles. The number of aryl methyl sites for hydroxylation is 3. The zero-order valence-corrected chi connectivity index (χ0v) is 63.9. The van der Waals surface area contributed by atoms with E-state index >= 15 is 0 Å². The van der Waals surface area contributed by atoms with Crippen LogP contribution < -0.4 is 64.9 Å². The summed E-state index contributed by atoms with van der Waals surface area (Å²) in [6.45, 7) is 15.1. The van der Waals surface area contributed by atoms with Crippen LogP contribution in [0.2, 0.25) is 0 Å². The smallest absolute Gasteiger partial charge is 0.500 e. The molecular formula is C79H129BN3NaO13+. The number of aliphatic carboxylic acids is 1. The average molecular weight is 1360 g/mol. The van der Waals surface area contributed by atoms with Gasteiger partial charge < -0.3 is 49.7 Å². The van der Waals surface area contributed by atoms with Gasteiger partial charge in [-0.15, -0.1) is 0 Å². The third kappa shape index (κ3) is 59.9. The Balaban J connectivity index is -0.00000134. The van der Waals surface area contributed by atoms with E-state index in [1.807, 2.05) is 43.3 Å². The molecule has 0 fully saturated rings. The van der Waals surface area contributed by atoms with Crippen LogP contribution in [0.3, 0.4) is 0 Å². The van der Waals surface area contributed by atoms with Crippen LogP contribution in [0.4, 0.5) is 0 Å². The number of carbonyl (C=O) groups excluding carboxylic acids is 5. The molecule has 0 aliphatic rings. The number of unbranched alkanes of at least 4 members (excludes halogenated alkanes) is 28. The van der Waals surface area contributed by atoms with Crippen LogP contribution in [-0.2, 0) is 52.8 Å². The van der Waals surface area contributed by atoms with Crippen molar-refractivity contribution < 1.29 is 93.1 Å². The van der Waals surface area contributed by atoms with Crippen molar-refractivity contribution in [2.45, 2.75) is 286 Å². The van der Waals surface area contributed by atoms with Crippen molar-refractivity contribution in [2.24, 2.45) is 5.73 Å². The van der Waals surface area contributed by atoms with Crippen molar-refractivity contribution in [3.8, 4) is 23.0 Å². The molecule has 0 heterocycles. The quantitative estimate of drug-likeness (QED) is 0.0183. The Morgan fingerprint density at radius 3 is 1.13 bits per heavy atom. The average Bonchev–Trinajstić information content (AvgIpc) is 0.898. The van der Waals surface area contributed by atoms with Gasteiger partial charge in [0.1, 0.15) is 23.0 Å². The maximum atomic E-state index is 12.1. The van der Waals surface area contributed by atoms with Crippen molar-refractivity contribution >= 4 is 43.7 Å². The van der Waals surface area contributed by atoms with E-state index in [1.54, 1.807) is 25.3 Å². The Morgan fingerprint density at radius 2 is 0.804 bits per heavy atom. The molecule has 541 valence electrons. The largest absolute Gasteiger partial charge is 1.00 e. The van der Waals surface area contributed by atoms with Gasteiger partial charge >= 0.3 is 37.2 Å². The molecule has 16 nitrogen and oxygen atoms in total. The van der Waals surface area contributed by atoms with Crippen molar-refractivity contribution in [1.82, 2.24) is 10.6 Å². The van der Waals surface area contributed by atoms with E-state index in [1.165, 1.54) is 230 Å². The molecule has 1 radical (unpaired) electrons. The number of carboxylic acids is 1. The maximum Gasteiger partial charge on any atom is 1.00 e. The zero-order valence-electron chi connectivity index (χ0n) is 61.9. The van der Waals surface area contributed by atoms with Gasteiger partial charge in [0, 0.05) is 60.3 Å². The topological polar surface area (TPSA) is 228 Å². The van der Waals surface area contributed by atoms with Crippen LogP contribution in [0.1, 0.15) is 293 Å². The number of carboxylic acid groups (broad SMARTS) is 1. The fourth-order valence-corrected chi connectivity index (χ4v) is 10.1. The fourth-order valence-electron chi connectivity index (χ4n) is 10.1. The summed E-state index contributed by atoms with van der Waals surface area (Å²) in [7, 11) is 3.93. The molecule has 0 bridgehead atoms. The first-order valence-electron chi connectivity index (χ1n) is 36.3. The first-order valence-corrected chi connectivity index (χ1v) is 36.3. The minimum atomic E-state index is -0.833. The van der Waals surface area contributed by atoms with Crippen LogP contribution in [0.5, 0.6) is 23.0 Å². The van der Waals surface area contributed by atoms with Crippen molar-refractivity contribution in [1.29, 1.82) is 0 Å². The van der Waals surface area contributed by atoms with Crippen LogP contribution in [0.15, 0.2) is 84.9 Å². The van der Waals surface area contributed by atoms with Crippen LogP contribution in [0.25, 0.3) is 0 Å². The van der Waals surface area contributed by atoms with Gasteiger partial charge in [-0.1, -0.05) is 259 Å². The molecule has 0 saturated carbocycles. The second kappa shape index (κ2) is 67.3. The monoisotopic (exact) mass is 1360 g/mol. The number of nitrogens with two attached hydrogens (primary N) is 1. The summed E-state index contributed by atoms with van der Waals surface area (Å²) in [5, 5.41) is 13.3. The maximum absolute atomic E-state index is 12.1. The summed E-state index contributed by atoms with van der Waals surface area (Å²) >= 11 is 0. The number of benzene rings is 4. The van der Waals surface area contributed by atoms with Crippen LogP contribution >= 0.6 is 0 Å². The molecule has 0 aliphatic carbocycles. The van der Waals surface area contributed by atoms with Crippen molar-refractivity contribution in [3.63, 3.8) is 0 Å². The van der Waals surface area contributed by atoms with Crippen molar-refractivity contribution in [2.75, 3.05) is 34.0 Å². The van der Waals surface area contributed by atoms with Crippen molar-refractivity contribution in [3.05, 3.63) is 118 Å². The molecule has 4 aromatic rings. The number of aldehydes is 1. The predicted octanol–water partition coefficient (Wildman–Crippen LogP) is 16.0. The SMILES string of the molecule is CC(=O)O.CC(=O)O[B]OC(C)=O.CCCCCCCCCCCCCCCCCCc1ccc(OCCCC(=O)NCc2ccc(C)cc2)cc1OC.CCCCCCCCCCCCCCCCN.COc1cc(OCCCC(=O)NCc2ccc(C)cc2)ccc1C=O.[HH].[Na+]. The molecule has 4 rings (SSSR count). The number of nitrogens with one attached hydrogen (secondary N) is 2. The van der Waals surface area contributed by atoms with Gasteiger partial charge in [-0.3, -0.25) is 28.8 Å². The van der Waals surface area contributed by atoms with Gasteiger partial charge in [0.2, 0.25) is 11.8 Å². The summed E-state index contributed by atoms with van der Waals surface area (Å²) < 4.78 is 30.6. The Labute approximate surface area is 611 Å². The number of rotatable bonds is 50. The third-order valence-corrected chi connectivity index (χ3v) is 15.7. The minimum absolute atomic E-state index is 0. The molecule has 2 amide bonds. The summed E-state index contributed by atoms with van der Waals surface area (Å²) in [6, 6.07) is 27.5. The van der Waals surface area contributed by atoms with Gasteiger partial charge in [-0.2, -0.15) is 0 Å². The molecule has 0 spiro atoms. The number of methoxy groups -OCH3 is 2. The Bertz CT molecular complexity index is 2550. The third-order valence-electron chi connectivity index (χ3n) is 15.7. The van der Waals surface area contributed by atoms with E-state index in [2.05, 4.69) is 71.0 Å². The minimum Gasteiger partial charge on any atom is -0.500 e. The van der Waals surface area contributed by atoms with Crippen LogP contribution in [-0.4, -0.2) is 82.8 Å². The fraction of sp³-hybridized carbons (Fsp3) is 0.620. The molecule has 97 heavy (non-hydrogen) atoms. The second-order valence-corrected chi connectivity index (χ2v) is 24.7. The molecule has 0 aromatic heterocycles. The second-order valence-electron chi connectivity index (χ2n) is 24.7. The van der Waals surface area contributed by atoms with Gasteiger partial charge in [-0.05, 0) is 87.4 Å². The summed E-state index contributed by atoms with van der Waals surface area (Å²) in [5.74, 6) is 0.981. The van der Waals surface area contributed by atoms with E-state index in [-0.39, 0.29) is 42.8 Å². The van der Waals surface area contributed by atoms with Gasteiger partial charge in [-0.25, -0.2) is 0 Å². The number of carbonyl (C=O) groups is 6. The molecular weight excluding hydrogens is 1230 g/mol. The number of amides is 2. The molecule has 4 aromatic carbocycles.